The normalized spacial score (nSPS) is 12.2. The molecule has 1 atom stereocenters. The van der Waals surface area contributed by atoms with E-state index in [1.807, 2.05) is 26.0 Å². The minimum absolute atomic E-state index is 0.0775. The molecule has 0 aliphatic carbocycles. The second-order valence-electron chi connectivity index (χ2n) is 4.69. The molecular weight excluding hydrogens is 278 g/mol. The molecule has 0 saturated heterocycles. The van der Waals surface area contributed by atoms with Crippen molar-refractivity contribution in [2.24, 2.45) is 5.73 Å². The highest BCUT2D eigenvalue weighted by atomic mass is 35.5. The van der Waals surface area contributed by atoms with Crippen molar-refractivity contribution >= 4 is 11.6 Å². The summed E-state index contributed by atoms with van der Waals surface area (Å²) >= 11 is 6.26. The van der Waals surface area contributed by atoms with Gasteiger partial charge in [-0.2, -0.15) is 0 Å². The average molecular weight is 302 g/mol. The second-order valence-corrected chi connectivity index (χ2v) is 5.10. The number of rotatable bonds is 9. The van der Waals surface area contributed by atoms with Gasteiger partial charge in [0.15, 0.2) is 11.5 Å². The molecule has 114 valence electrons. The lowest BCUT2D eigenvalue weighted by Crippen LogP contribution is -2.17. The summed E-state index contributed by atoms with van der Waals surface area (Å²) in [5.41, 5.74) is 6.85. The molecule has 0 aliphatic heterocycles. The fraction of sp³-hybridized carbons (Fsp3) is 0.600. The summed E-state index contributed by atoms with van der Waals surface area (Å²) in [4.78, 5) is 0. The van der Waals surface area contributed by atoms with Crippen LogP contribution in [0.15, 0.2) is 12.1 Å². The molecule has 1 rings (SSSR count). The number of methoxy groups -OCH3 is 1. The number of hydrogen-bond donors (Lipinski definition) is 1. The molecular formula is C15H24ClNO3. The zero-order valence-electron chi connectivity index (χ0n) is 12.4. The molecule has 0 aromatic heterocycles. The Labute approximate surface area is 126 Å². The van der Waals surface area contributed by atoms with Crippen LogP contribution in [0.4, 0.5) is 0 Å². The van der Waals surface area contributed by atoms with E-state index in [4.69, 9.17) is 31.5 Å². The Morgan fingerprint density at radius 2 is 2.05 bits per heavy atom. The molecule has 0 spiro atoms. The number of halogens is 1. The van der Waals surface area contributed by atoms with Crippen molar-refractivity contribution in [1.82, 2.24) is 0 Å². The maximum Gasteiger partial charge on any atom is 0.179 e. The van der Waals surface area contributed by atoms with Crippen LogP contribution >= 0.6 is 11.6 Å². The maximum absolute atomic E-state index is 6.26. The highest BCUT2D eigenvalue weighted by Crippen LogP contribution is 2.36. The van der Waals surface area contributed by atoms with Crippen LogP contribution in [-0.4, -0.2) is 33.0 Å². The fourth-order valence-electron chi connectivity index (χ4n) is 1.88. The van der Waals surface area contributed by atoms with Crippen molar-refractivity contribution < 1.29 is 14.2 Å². The van der Waals surface area contributed by atoms with Crippen molar-refractivity contribution in [3.63, 3.8) is 0 Å². The van der Waals surface area contributed by atoms with Gasteiger partial charge in [0.05, 0.1) is 18.7 Å². The molecule has 0 fully saturated rings. The third kappa shape index (κ3) is 5.57. The van der Waals surface area contributed by atoms with Gasteiger partial charge in [0.1, 0.15) is 0 Å². The zero-order valence-corrected chi connectivity index (χ0v) is 13.2. The lowest BCUT2D eigenvalue weighted by atomic mass is 10.1. The SMILES string of the molecule is CCOCCCOc1c(Cl)cc(CC(C)N)cc1OC. The highest BCUT2D eigenvalue weighted by Gasteiger charge is 2.12. The Kier molecular flexibility index (Phi) is 7.73. The van der Waals surface area contributed by atoms with E-state index >= 15 is 0 Å². The summed E-state index contributed by atoms with van der Waals surface area (Å²) < 4.78 is 16.3. The minimum atomic E-state index is 0.0775. The van der Waals surface area contributed by atoms with Gasteiger partial charge in [-0.1, -0.05) is 11.6 Å². The molecule has 0 radical (unpaired) electrons. The first-order chi connectivity index (χ1) is 9.58. The Morgan fingerprint density at radius 3 is 2.65 bits per heavy atom. The molecule has 5 heteroatoms. The Morgan fingerprint density at radius 1 is 1.30 bits per heavy atom. The van der Waals surface area contributed by atoms with E-state index in [-0.39, 0.29) is 6.04 Å². The smallest absolute Gasteiger partial charge is 0.179 e. The summed E-state index contributed by atoms with van der Waals surface area (Å²) in [6, 6.07) is 3.88. The lowest BCUT2D eigenvalue weighted by molar-refractivity contribution is 0.130. The molecule has 4 nitrogen and oxygen atoms in total. The highest BCUT2D eigenvalue weighted by molar-refractivity contribution is 6.32. The van der Waals surface area contributed by atoms with Gasteiger partial charge in [0.2, 0.25) is 0 Å². The number of ether oxygens (including phenoxy) is 3. The lowest BCUT2D eigenvalue weighted by Gasteiger charge is -2.15. The van der Waals surface area contributed by atoms with E-state index in [1.165, 1.54) is 0 Å². The van der Waals surface area contributed by atoms with E-state index in [2.05, 4.69) is 0 Å². The first kappa shape index (κ1) is 17.1. The summed E-state index contributed by atoms with van der Waals surface area (Å²) in [5, 5.41) is 0.552. The van der Waals surface area contributed by atoms with E-state index in [9.17, 15) is 0 Å². The zero-order chi connectivity index (χ0) is 15.0. The molecule has 0 aliphatic rings. The largest absolute Gasteiger partial charge is 0.493 e. The summed E-state index contributed by atoms with van der Waals surface area (Å²) in [6.45, 7) is 5.87. The average Bonchev–Trinajstić information content (AvgIpc) is 2.39. The first-order valence-corrected chi connectivity index (χ1v) is 7.28. The van der Waals surface area contributed by atoms with Crippen LogP contribution in [0, 0.1) is 0 Å². The van der Waals surface area contributed by atoms with Crippen molar-refractivity contribution in [3.8, 4) is 11.5 Å². The first-order valence-electron chi connectivity index (χ1n) is 6.91. The van der Waals surface area contributed by atoms with E-state index in [0.29, 0.717) is 29.7 Å². The third-order valence-electron chi connectivity index (χ3n) is 2.73. The number of hydrogen-bond acceptors (Lipinski definition) is 4. The van der Waals surface area contributed by atoms with E-state index < -0.39 is 0 Å². The number of benzene rings is 1. The van der Waals surface area contributed by atoms with Crippen LogP contribution in [0.3, 0.4) is 0 Å². The van der Waals surface area contributed by atoms with Crippen molar-refractivity contribution in [2.45, 2.75) is 32.7 Å². The molecule has 0 bridgehead atoms. The Balaban J connectivity index is 2.69. The molecule has 1 aromatic rings. The van der Waals surface area contributed by atoms with Crippen LogP contribution in [0.2, 0.25) is 5.02 Å². The van der Waals surface area contributed by atoms with E-state index in [0.717, 1.165) is 25.0 Å². The summed E-state index contributed by atoms with van der Waals surface area (Å²) in [7, 11) is 1.61. The predicted molar refractivity (Wildman–Crippen MR) is 82.0 cm³/mol. The summed E-state index contributed by atoms with van der Waals surface area (Å²) in [6.07, 6.45) is 1.57. The monoisotopic (exact) mass is 301 g/mol. The van der Waals surface area contributed by atoms with Crippen molar-refractivity contribution in [2.75, 3.05) is 26.9 Å². The van der Waals surface area contributed by atoms with Crippen LogP contribution < -0.4 is 15.2 Å². The van der Waals surface area contributed by atoms with Gasteiger partial charge in [0.25, 0.3) is 0 Å². The van der Waals surface area contributed by atoms with Gasteiger partial charge >= 0.3 is 0 Å². The number of nitrogens with two attached hydrogens (primary N) is 1. The van der Waals surface area contributed by atoms with E-state index in [1.54, 1.807) is 7.11 Å². The molecule has 1 unspecified atom stereocenters. The third-order valence-corrected chi connectivity index (χ3v) is 3.01. The molecule has 1 aromatic carbocycles. The topological polar surface area (TPSA) is 53.7 Å². The van der Waals surface area contributed by atoms with Crippen LogP contribution in [0.1, 0.15) is 25.8 Å². The van der Waals surface area contributed by atoms with Gasteiger partial charge in [-0.25, -0.2) is 0 Å². The van der Waals surface area contributed by atoms with Gasteiger partial charge in [-0.3, -0.25) is 0 Å². The quantitative estimate of drug-likeness (QED) is 0.712. The minimum Gasteiger partial charge on any atom is -0.493 e. The Hall–Kier alpha value is -0.970. The fourth-order valence-corrected chi connectivity index (χ4v) is 2.17. The standard InChI is InChI=1S/C15H24ClNO3/c1-4-19-6-5-7-20-15-13(16)9-12(8-11(2)17)10-14(15)18-3/h9-11H,4-8,17H2,1-3H3. The second kappa shape index (κ2) is 9.06. The van der Waals surface area contributed by atoms with Crippen molar-refractivity contribution in [1.29, 1.82) is 0 Å². The van der Waals surface area contributed by atoms with Crippen LogP contribution in [0.25, 0.3) is 0 Å². The molecule has 0 saturated carbocycles. The predicted octanol–water partition coefficient (Wildman–Crippen LogP) is 3.04. The van der Waals surface area contributed by atoms with Crippen molar-refractivity contribution in [3.05, 3.63) is 22.7 Å². The molecule has 0 heterocycles. The van der Waals surface area contributed by atoms with Gasteiger partial charge in [0, 0.05) is 25.7 Å². The molecule has 0 amide bonds. The maximum atomic E-state index is 6.26. The van der Waals surface area contributed by atoms with Gasteiger partial charge < -0.3 is 19.9 Å². The molecule has 20 heavy (non-hydrogen) atoms. The molecule has 2 N–H and O–H groups in total. The van der Waals surface area contributed by atoms with Gasteiger partial charge in [-0.15, -0.1) is 0 Å². The van der Waals surface area contributed by atoms with Crippen LogP contribution in [0.5, 0.6) is 11.5 Å². The van der Waals surface area contributed by atoms with Gasteiger partial charge in [-0.05, 0) is 38.0 Å². The van der Waals surface area contributed by atoms with Crippen LogP contribution in [-0.2, 0) is 11.2 Å². The Bertz CT molecular complexity index is 410. The summed E-state index contributed by atoms with van der Waals surface area (Å²) in [5.74, 6) is 1.23.